The van der Waals surface area contributed by atoms with E-state index < -0.39 is 5.97 Å². The third-order valence-electron chi connectivity index (χ3n) is 4.24. The van der Waals surface area contributed by atoms with Crippen LogP contribution >= 0.6 is 0 Å². The van der Waals surface area contributed by atoms with Gasteiger partial charge in [0, 0.05) is 7.11 Å². The van der Waals surface area contributed by atoms with E-state index in [0.29, 0.717) is 45.3 Å². The minimum Gasteiger partial charge on any atom is -0.491 e. The molecule has 0 bridgehead atoms. The van der Waals surface area contributed by atoms with Crippen LogP contribution in [0.25, 0.3) is 11.1 Å². The number of carbonyl (C=O) groups excluding carboxylic acids is 1. The predicted molar refractivity (Wildman–Crippen MR) is 111 cm³/mol. The molecule has 0 aliphatic heterocycles. The molecule has 0 atom stereocenters. The van der Waals surface area contributed by atoms with Gasteiger partial charge in [-0.2, -0.15) is 0 Å². The lowest BCUT2D eigenvalue weighted by Crippen LogP contribution is -2.12. The quantitative estimate of drug-likeness (QED) is 0.391. The van der Waals surface area contributed by atoms with Crippen LogP contribution in [0.2, 0.25) is 0 Å². The van der Waals surface area contributed by atoms with Crippen molar-refractivity contribution in [1.82, 2.24) is 4.98 Å². The molecule has 0 spiro atoms. The zero-order valence-electron chi connectivity index (χ0n) is 17.7. The molecule has 0 radical (unpaired) electrons. The van der Waals surface area contributed by atoms with E-state index in [2.05, 4.69) is 4.98 Å². The first-order chi connectivity index (χ1) is 14.6. The zero-order chi connectivity index (χ0) is 21.8. The fraction of sp³-hybridized carbons (Fsp3) is 0.455. The van der Waals surface area contributed by atoms with Crippen molar-refractivity contribution in [2.45, 2.75) is 13.5 Å². The maximum absolute atomic E-state index is 11.9. The summed E-state index contributed by atoms with van der Waals surface area (Å²) in [4.78, 5) is 16.0. The van der Waals surface area contributed by atoms with E-state index in [1.807, 2.05) is 25.1 Å². The standard InChI is InChI=1S/C22H29NO7/c1-16-12-19(30-11-10-29-9-8-28-7-6-26-2)4-5-20(16)17-13-18(15-24)23-21(14-17)22(25)27-3/h4-5,12-14,24H,6-11,15H2,1-3H3. The highest BCUT2D eigenvalue weighted by atomic mass is 16.6. The summed E-state index contributed by atoms with van der Waals surface area (Å²) in [6.07, 6.45) is 0. The Bertz CT molecular complexity index is 810. The van der Waals surface area contributed by atoms with Crippen LogP contribution in [0, 0.1) is 6.92 Å². The second-order valence-electron chi connectivity index (χ2n) is 6.42. The monoisotopic (exact) mass is 419 g/mol. The molecule has 8 nitrogen and oxygen atoms in total. The normalized spacial score (nSPS) is 10.8. The molecule has 0 amide bonds. The van der Waals surface area contributed by atoms with Gasteiger partial charge in [-0.3, -0.25) is 0 Å². The number of hydrogen-bond acceptors (Lipinski definition) is 8. The van der Waals surface area contributed by atoms with Crippen LogP contribution in [0.3, 0.4) is 0 Å². The molecule has 2 rings (SSSR count). The smallest absolute Gasteiger partial charge is 0.356 e. The number of rotatable bonds is 13. The van der Waals surface area contributed by atoms with E-state index in [-0.39, 0.29) is 12.3 Å². The molecule has 30 heavy (non-hydrogen) atoms. The molecule has 1 heterocycles. The van der Waals surface area contributed by atoms with Gasteiger partial charge in [0.15, 0.2) is 0 Å². The lowest BCUT2D eigenvalue weighted by atomic mass is 9.99. The van der Waals surface area contributed by atoms with E-state index in [1.165, 1.54) is 7.11 Å². The van der Waals surface area contributed by atoms with Gasteiger partial charge in [-0.05, 0) is 47.9 Å². The summed E-state index contributed by atoms with van der Waals surface area (Å²) < 4.78 is 26.2. The summed E-state index contributed by atoms with van der Waals surface area (Å²) in [6, 6.07) is 9.08. The number of carbonyl (C=O) groups is 1. The van der Waals surface area contributed by atoms with Gasteiger partial charge in [0.2, 0.25) is 0 Å². The maximum atomic E-state index is 11.9. The van der Waals surface area contributed by atoms with Gasteiger partial charge in [0.25, 0.3) is 0 Å². The van der Waals surface area contributed by atoms with Crippen LogP contribution in [0.4, 0.5) is 0 Å². The molecule has 0 aliphatic carbocycles. The van der Waals surface area contributed by atoms with Crippen molar-refractivity contribution < 1.29 is 33.6 Å². The van der Waals surface area contributed by atoms with Crippen LogP contribution < -0.4 is 4.74 Å². The Balaban J connectivity index is 1.92. The Labute approximate surface area is 176 Å². The van der Waals surface area contributed by atoms with Gasteiger partial charge in [-0.25, -0.2) is 9.78 Å². The van der Waals surface area contributed by atoms with Crippen molar-refractivity contribution in [3.05, 3.63) is 47.3 Å². The van der Waals surface area contributed by atoms with E-state index in [4.69, 9.17) is 23.7 Å². The fourth-order valence-corrected chi connectivity index (χ4v) is 2.77. The summed E-state index contributed by atoms with van der Waals surface area (Å²) in [7, 11) is 2.93. The lowest BCUT2D eigenvalue weighted by molar-refractivity contribution is 0.0180. The second kappa shape index (κ2) is 12.9. The summed E-state index contributed by atoms with van der Waals surface area (Å²) in [5.41, 5.74) is 3.20. The Morgan fingerprint density at radius 2 is 1.67 bits per heavy atom. The highest BCUT2D eigenvalue weighted by Crippen LogP contribution is 2.28. The number of aliphatic hydroxyl groups is 1. The van der Waals surface area contributed by atoms with Gasteiger partial charge in [-0.1, -0.05) is 6.07 Å². The van der Waals surface area contributed by atoms with Gasteiger partial charge in [-0.15, -0.1) is 0 Å². The first-order valence-corrected chi connectivity index (χ1v) is 9.67. The molecule has 0 saturated carbocycles. The number of benzene rings is 1. The molecule has 1 N–H and O–H groups in total. The predicted octanol–water partition coefficient (Wildman–Crippen LogP) is 2.39. The minimum absolute atomic E-state index is 0.155. The topological polar surface area (TPSA) is 96.3 Å². The molecule has 1 aromatic carbocycles. The summed E-state index contributed by atoms with van der Waals surface area (Å²) in [6.45, 7) is 4.72. The number of esters is 1. The van der Waals surface area contributed by atoms with E-state index in [1.54, 1.807) is 19.2 Å². The van der Waals surface area contributed by atoms with E-state index in [0.717, 1.165) is 22.4 Å². The van der Waals surface area contributed by atoms with Crippen molar-refractivity contribution in [3.63, 3.8) is 0 Å². The van der Waals surface area contributed by atoms with Crippen molar-refractivity contribution in [2.24, 2.45) is 0 Å². The van der Waals surface area contributed by atoms with Crippen LogP contribution in [0.15, 0.2) is 30.3 Å². The number of hydrogen-bond donors (Lipinski definition) is 1. The number of aliphatic hydroxyl groups excluding tert-OH is 1. The van der Waals surface area contributed by atoms with Gasteiger partial charge >= 0.3 is 5.97 Å². The van der Waals surface area contributed by atoms with Crippen LogP contribution in [0.5, 0.6) is 5.75 Å². The number of aromatic nitrogens is 1. The van der Waals surface area contributed by atoms with Gasteiger partial charge in [0.05, 0.1) is 52.4 Å². The zero-order valence-corrected chi connectivity index (χ0v) is 17.7. The number of ether oxygens (including phenoxy) is 5. The highest BCUT2D eigenvalue weighted by molar-refractivity contribution is 5.89. The van der Waals surface area contributed by atoms with Crippen LogP contribution in [0.1, 0.15) is 21.7 Å². The molecule has 164 valence electrons. The second-order valence-corrected chi connectivity index (χ2v) is 6.42. The molecular weight excluding hydrogens is 390 g/mol. The first-order valence-electron chi connectivity index (χ1n) is 9.67. The van der Waals surface area contributed by atoms with Crippen LogP contribution in [-0.4, -0.2) is 69.9 Å². The average molecular weight is 419 g/mol. The molecule has 8 heteroatoms. The van der Waals surface area contributed by atoms with Crippen LogP contribution in [-0.2, 0) is 25.6 Å². The van der Waals surface area contributed by atoms with Crippen molar-refractivity contribution in [3.8, 4) is 16.9 Å². The van der Waals surface area contributed by atoms with Crippen molar-refractivity contribution in [2.75, 3.05) is 53.9 Å². The SMILES string of the molecule is COCCOCCOCCOc1ccc(-c2cc(CO)nc(C(=O)OC)c2)c(C)c1. The maximum Gasteiger partial charge on any atom is 0.356 e. The summed E-state index contributed by atoms with van der Waals surface area (Å²) in [5.74, 6) is 0.175. The average Bonchev–Trinajstić information content (AvgIpc) is 2.77. The Kier molecular flexibility index (Phi) is 10.2. The Hall–Kier alpha value is -2.52. The molecule has 1 aromatic heterocycles. The number of methoxy groups -OCH3 is 2. The van der Waals surface area contributed by atoms with E-state index >= 15 is 0 Å². The Morgan fingerprint density at radius 1 is 0.967 bits per heavy atom. The number of pyridine rings is 1. The van der Waals surface area contributed by atoms with Gasteiger partial charge < -0.3 is 28.8 Å². The van der Waals surface area contributed by atoms with Gasteiger partial charge in [0.1, 0.15) is 18.1 Å². The Morgan fingerprint density at radius 3 is 2.30 bits per heavy atom. The largest absolute Gasteiger partial charge is 0.491 e. The number of nitrogens with zero attached hydrogens (tertiary/aromatic N) is 1. The van der Waals surface area contributed by atoms with Crippen molar-refractivity contribution >= 4 is 5.97 Å². The molecule has 0 aliphatic rings. The summed E-state index contributed by atoms with van der Waals surface area (Å²) in [5, 5.41) is 9.45. The molecule has 0 fully saturated rings. The van der Waals surface area contributed by atoms with Crippen molar-refractivity contribution in [1.29, 1.82) is 0 Å². The molecule has 0 unspecified atom stereocenters. The minimum atomic E-state index is -0.548. The molecule has 2 aromatic rings. The number of aryl methyl sites for hydroxylation is 1. The fourth-order valence-electron chi connectivity index (χ4n) is 2.77. The molecular formula is C22H29NO7. The third-order valence-corrected chi connectivity index (χ3v) is 4.24. The lowest BCUT2D eigenvalue weighted by Gasteiger charge is -2.12. The van der Waals surface area contributed by atoms with E-state index in [9.17, 15) is 9.90 Å². The summed E-state index contributed by atoms with van der Waals surface area (Å²) >= 11 is 0. The third kappa shape index (κ3) is 7.38. The molecule has 0 saturated heterocycles. The highest BCUT2D eigenvalue weighted by Gasteiger charge is 2.13. The first kappa shape index (κ1) is 23.8.